The van der Waals surface area contributed by atoms with E-state index in [1.807, 2.05) is 26.0 Å². The first-order chi connectivity index (χ1) is 7.21. The van der Waals surface area contributed by atoms with Crippen LogP contribution in [0.15, 0.2) is 24.4 Å². The summed E-state index contributed by atoms with van der Waals surface area (Å²) in [6, 6.07) is 0. The molecule has 4 nitrogen and oxygen atoms in total. The van der Waals surface area contributed by atoms with Gasteiger partial charge in [-0.1, -0.05) is 18.2 Å². The van der Waals surface area contributed by atoms with Gasteiger partial charge in [-0.05, 0) is 26.1 Å². The first-order valence-electron chi connectivity index (χ1n) is 4.55. The Balaban J connectivity index is 4.60. The van der Waals surface area contributed by atoms with Crippen LogP contribution in [0.1, 0.15) is 13.8 Å². The van der Waals surface area contributed by atoms with Crippen LogP contribution in [0.25, 0.3) is 0 Å². The van der Waals surface area contributed by atoms with Crippen LogP contribution in [0.2, 0.25) is 0 Å². The summed E-state index contributed by atoms with van der Waals surface area (Å²) < 4.78 is 0. The first-order valence-corrected chi connectivity index (χ1v) is 4.96. The third-order valence-corrected chi connectivity index (χ3v) is 2.05. The molecule has 0 amide bonds. The van der Waals surface area contributed by atoms with E-state index in [-0.39, 0.29) is 0 Å². The molecule has 15 heavy (non-hydrogen) atoms. The number of nitrogens with one attached hydrogen (secondary N) is 2. The molecule has 0 aliphatic rings. The molecule has 0 atom stereocenters. The van der Waals surface area contributed by atoms with Crippen molar-refractivity contribution < 1.29 is 0 Å². The minimum Gasteiger partial charge on any atom is -0.306 e. The van der Waals surface area contributed by atoms with Crippen LogP contribution in [-0.4, -0.2) is 34.1 Å². The van der Waals surface area contributed by atoms with Crippen LogP contribution in [0, 0.1) is 10.8 Å². The van der Waals surface area contributed by atoms with Gasteiger partial charge < -0.3 is 4.90 Å². The highest BCUT2D eigenvalue weighted by molar-refractivity contribution is 7.80. The van der Waals surface area contributed by atoms with Crippen LogP contribution >= 0.6 is 12.2 Å². The predicted octanol–water partition coefficient (Wildman–Crippen LogP) is 2.20. The summed E-state index contributed by atoms with van der Waals surface area (Å²) >= 11 is 5.14. The van der Waals surface area contributed by atoms with E-state index in [4.69, 9.17) is 23.0 Å². The average Bonchev–Trinajstić information content (AvgIpc) is 2.26. The van der Waals surface area contributed by atoms with Crippen LogP contribution in [-0.2, 0) is 0 Å². The van der Waals surface area contributed by atoms with Gasteiger partial charge in [0, 0.05) is 12.7 Å². The Bertz CT molecular complexity index is 283. The van der Waals surface area contributed by atoms with Gasteiger partial charge >= 0.3 is 0 Å². The van der Waals surface area contributed by atoms with Gasteiger partial charge in [-0.2, -0.15) is 0 Å². The molecule has 0 aliphatic heterocycles. The molecule has 0 aromatic rings. The Hall–Kier alpha value is -1.49. The molecule has 2 N–H and O–H groups in total. The van der Waals surface area contributed by atoms with E-state index < -0.39 is 0 Å². The largest absolute Gasteiger partial charge is 0.306 e. The Kier molecular flexibility index (Phi) is 7.09. The third kappa shape index (κ3) is 4.51. The highest BCUT2D eigenvalue weighted by Gasteiger charge is 2.09. The summed E-state index contributed by atoms with van der Waals surface area (Å²) in [5.41, 5.74) is 0. The van der Waals surface area contributed by atoms with Crippen LogP contribution in [0.4, 0.5) is 0 Å². The molecule has 0 spiro atoms. The zero-order chi connectivity index (χ0) is 11.7. The van der Waals surface area contributed by atoms with Gasteiger partial charge in [0.05, 0.1) is 12.7 Å². The van der Waals surface area contributed by atoms with E-state index in [2.05, 4.69) is 0 Å². The summed E-state index contributed by atoms with van der Waals surface area (Å²) in [6.07, 6.45) is 9.53. The molecule has 5 heteroatoms. The summed E-state index contributed by atoms with van der Waals surface area (Å²) in [6.45, 7) is 4.30. The van der Waals surface area contributed by atoms with Crippen molar-refractivity contribution >= 4 is 30.0 Å². The van der Waals surface area contributed by atoms with Crippen molar-refractivity contribution in [3.63, 3.8) is 0 Å². The Morgan fingerprint density at radius 3 is 2.27 bits per heavy atom. The fraction of sp³-hybridized carbons (Fsp3) is 0.300. The van der Waals surface area contributed by atoms with Crippen molar-refractivity contribution in [2.24, 2.45) is 0 Å². The molecule has 0 saturated carbocycles. The second-order valence-corrected chi connectivity index (χ2v) is 3.02. The average molecular weight is 224 g/mol. The fourth-order valence-corrected chi connectivity index (χ4v) is 1.12. The van der Waals surface area contributed by atoms with Crippen molar-refractivity contribution in [1.82, 2.24) is 9.80 Å². The minimum absolute atomic E-state index is 0.413. The van der Waals surface area contributed by atoms with Crippen molar-refractivity contribution in [3.05, 3.63) is 24.4 Å². The fourth-order valence-electron chi connectivity index (χ4n) is 0.876. The number of hydrogen-bond donors (Lipinski definition) is 2. The van der Waals surface area contributed by atoms with E-state index in [9.17, 15) is 0 Å². The van der Waals surface area contributed by atoms with Gasteiger partial charge in [-0.15, -0.1) is 0 Å². The summed E-state index contributed by atoms with van der Waals surface area (Å²) in [4.78, 5) is 3.05. The topological polar surface area (TPSA) is 54.2 Å². The second-order valence-electron chi connectivity index (χ2n) is 2.65. The molecule has 0 radical (unpaired) electrons. The smallest absolute Gasteiger partial charge is 0.186 e. The molecule has 0 heterocycles. The van der Waals surface area contributed by atoms with Crippen LogP contribution in [0.5, 0.6) is 0 Å². The molecule has 0 bridgehead atoms. The zero-order valence-corrected chi connectivity index (χ0v) is 9.79. The van der Waals surface area contributed by atoms with Gasteiger partial charge in [-0.25, -0.2) is 0 Å². The van der Waals surface area contributed by atoms with E-state index in [1.165, 1.54) is 4.90 Å². The summed E-state index contributed by atoms with van der Waals surface area (Å²) in [5, 5.41) is 14.8. The second kappa shape index (κ2) is 7.87. The highest BCUT2D eigenvalue weighted by atomic mass is 32.1. The van der Waals surface area contributed by atoms with Crippen molar-refractivity contribution in [1.29, 1.82) is 10.8 Å². The Labute approximate surface area is 95.9 Å². The monoisotopic (exact) mass is 224 g/mol. The van der Waals surface area contributed by atoms with E-state index in [1.54, 1.807) is 17.2 Å². The predicted molar refractivity (Wildman–Crippen MR) is 68.3 cm³/mol. The highest BCUT2D eigenvalue weighted by Crippen LogP contribution is 1.97. The zero-order valence-electron chi connectivity index (χ0n) is 8.97. The van der Waals surface area contributed by atoms with Gasteiger partial charge in [0.2, 0.25) is 0 Å². The van der Waals surface area contributed by atoms with Crippen molar-refractivity contribution in [2.45, 2.75) is 13.8 Å². The molecule has 82 valence electrons. The molecular formula is C10H16N4S. The van der Waals surface area contributed by atoms with E-state index >= 15 is 0 Å². The maximum atomic E-state index is 7.22. The molecule has 0 fully saturated rings. The number of rotatable bonds is 5. The minimum atomic E-state index is 0.413. The van der Waals surface area contributed by atoms with Crippen LogP contribution < -0.4 is 0 Å². The van der Waals surface area contributed by atoms with Gasteiger partial charge in [0.1, 0.15) is 0 Å². The number of thiocarbonyl (C=S) groups is 1. The molecule has 0 aromatic heterocycles. The third-order valence-electron chi connectivity index (χ3n) is 1.61. The summed E-state index contributed by atoms with van der Waals surface area (Å²) in [7, 11) is 0. The number of nitrogens with zero attached hydrogens (tertiary/aromatic N) is 2. The lowest BCUT2D eigenvalue weighted by atomic mass is 10.5. The van der Waals surface area contributed by atoms with Gasteiger partial charge in [0.15, 0.2) is 5.11 Å². The first kappa shape index (κ1) is 13.5. The lowest BCUT2D eigenvalue weighted by Gasteiger charge is -2.23. The molecule has 0 rings (SSSR count). The van der Waals surface area contributed by atoms with Crippen LogP contribution in [0.3, 0.4) is 0 Å². The maximum absolute atomic E-state index is 7.22. The van der Waals surface area contributed by atoms with E-state index in [0.29, 0.717) is 11.7 Å². The van der Waals surface area contributed by atoms with Gasteiger partial charge in [-0.3, -0.25) is 15.7 Å². The quantitative estimate of drug-likeness (QED) is 0.326. The normalized spacial score (nSPS) is 10.5. The van der Waals surface area contributed by atoms with Crippen molar-refractivity contribution in [3.8, 4) is 0 Å². The SMILES string of the molecule is C/C=C\CN(C=N)C(=S)N(C=N)/C=C\C. The van der Waals surface area contributed by atoms with Crippen molar-refractivity contribution in [2.75, 3.05) is 6.54 Å². The maximum Gasteiger partial charge on any atom is 0.186 e. The Morgan fingerprint density at radius 1 is 1.20 bits per heavy atom. The molecule has 0 saturated heterocycles. The Morgan fingerprint density at radius 2 is 1.87 bits per heavy atom. The lowest BCUT2D eigenvalue weighted by Crippen LogP contribution is -2.38. The van der Waals surface area contributed by atoms with Gasteiger partial charge in [0.25, 0.3) is 0 Å². The molecular weight excluding hydrogens is 208 g/mol. The molecule has 0 aromatic carbocycles. The van der Waals surface area contributed by atoms with E-state index in [0.717, 1.165) is 12.7 Å². The summed E-state index contributed by atoms with van der Waals surface area (Å²) in [5.74, 6) is 0. The number of allylic oxidation sites excluding steroid dienone is 2. The lowest BCUT2D eigenvalue weighted by molar-refractivity contribution is 0.629. The standard InChI is InChI=1S/C10H16N4S/c1-3-5-7-14(9-12)10(15)13(8-11)6-4-2/h3-6,8-9,11-12H,7H2,1-2H3/b5-3-,6-4-,11-8?,12-9?. The molecule has 0 aliphatic carbocycles. The number of hydrogen-bond acceptors (Lipinski definition) is 3. The molecule has 0 unspecified atom stereocenters.